The predicted molar refractivity (Wildman–Crippen MR) is 92.5 cm³/mol. The van der Waals surface area contributed by atoms with Gasteiger partial charge in [-0.1, -0.05) is 30.3 Å². The molecule has 1 atom stereocenters. The van der Waals surface area contributed by atoms with E-state index in [1.165, 1.54) is 11.9 Å². The minimum Gasteiger partial charge on any atom is -0.351 e. The van der Waals surface area contributed by atoms with Crippen LogP contribution >= 0.6 is 0 Å². The molecule has 132 valence electrons. The highest BCUT2D eigenvalue weighted by molar-refractivity contribution is 5.82. The first-order valence-corrected chi connectivity index (χ1v) is 8.64. The lowest BCUT2D eigenvalue weighted by Gasteiger charge is -2.17. The Hall–Kier alpha value is -2.70. The summed E-state index contributed by atoms with van der Waals surface area (Å²) in [7, 11) is 0. The molecule has 7 heteroatoms. The molecular formula is C18H23N5O2. The second kappa shape index (κ2) is 8.41. The number of benzene rings is 1. The Kier molecular flexibility index (Phi) is 5.77. The Morgan fingerprint density at radius 1 is 1.24 bits per heavy atom. The molecule has 0 bridgehead atoms. The van der Waals surface area contributed by atoms with Crippen molar-refractivity contribution in [1.29, 1.82) is 0 Å². The first-order chi connectivity index (χ1) is 12.2. The predicted octanol–water partition coefficient (Wildman–Crippen LogP) is 1.02. The van der Waals surface area contributed by atoms with E-state index in [0.29, 0.717) is 25.9 Å². The number of rotatable bonds is 8. The zero-order valence-electron chi connectivity index (χ0n) is 14.2. The Labute approximate surface area is 147 Å². The molecule has 25 heavy (non-hydrogen) atoms. The number of likely N-dealkylation sites (tertiary alicyclic amines) is 1. The van der Waals surface area contributed by atoms with Crippen molar-refractivity contribution in [3.63, 3.8) is 0 Å². The highest BCUT2D eigenvalue weighted by Crippen LogP contribution is 2.13. The van der Waals surface area contributed by atoms with Crippen molar-refractivity contribution in [3.8, 4) is 0 Å². The number of carbonyl (C=O) groups is 2. The molecule has 1 N–H and O–H groups in total. The maximum absolute atomic E-state index is 12.1. The van der Waals surface area contributed by atoms with E-state index >= 15 is 0 Å². The molecule has 0 spiro atoms. The number of aromatic nitrogens is 3. The fraction of sp³-hybridized carbons (Fsp3) is 0.444. The summed E-state index contributed by atoms with van der Waals surface area (Å²) in [4.78, 5) is 29.8. The quantitative estimate of drug-likeness (QED) is 0.777. The molecule has 0 aliphatic carbocycles. The number of nitrogens with one attached hydrogen (secondary N) is 1. The van der Waals surface area contributed by atoms with Crippen LogP contribution in [0.5, 0.6) is 0 Å². The molecule has 1 aromatic carbocycles. The first-order valence-electron chi connectivity index (χ1n) is 8.64. The lowest BCUT2D eigenvalue weighted by Crippen LogP contribution is -2.37. The van der Waals surface area contributed by atoms with Crippen LogP contribution in [-0.2, 0) is 22.6 Å². The normalized spacial score (nSPS) is 17.0. The molecule has 2 heterocycles. The van der Waals surface area contributed by atoms with E-state index in [4.69, 9.17) is 0 Å². The summed E-state index contributed by atoms with van der Waals surface area (Å²) in [5.41, 5.74) is 1.28. The maximum atomic E-state index is 12.1. The molecule has 7 nitrogen and oxygen atoms in total. The van der Waals surface area contributed by atoms with Crippen molar-refractivity contribution in [2.24, 2.45) is 0 Å². The molecule has 0 unspecified atom stereocenters. The number of hydrogen-bond acceptors (Lipinski definition) is 4. The molecule has 1 saturated heterocycles. The number of amides is 2. The second-order valence-electron chi connectivity index (χ2n) is 6.31. The van der Waals surface area contributed by atoms with E-state index in [0.717, 1.165) is 19.4 Å². The van der Waals surface area contributed by atoms with Crippen LogP contribution in [0.2, 0.25) is 0 Å². The van der Waals surface area contributed by atoms with Crippen molar-refractivity contribution in [1.82, 2.24) is 25.0 Å². The summed E-state index contributed by atoms with van der Waals surface area (Å²) in [5, 5.41) is 6.91. The Balaban J connectivity index is 1.37. The Bertz CT molecular complexity index is 687. The lowest BCUT2D eigenvalue weighted by atomic mass is 10.1. The van der Waals surface area contributed by atoms with Crippen molar-refractivity contribution < 1.29 is 9.59 Å². The third-order valence-corrected chi connectivity index (χ3v) is 4.35. The molecular weight excluding hydrogens is 318 g/mol. The van der Waals surface area contributed by atoms with Crippen molar-refractivity contribution in [2.75, 3.05) is 13.1 Å². The number of nitrogens with zero attached hydrogens (tertiary/aromatic N) is 4. The average molecular weight is 341 g/mol. The summed E-state index contributed by atoms with van der Waals surface area (Å²) in [5.74, 6) is 0.0640. The Morgan fingerprint density at radius 3 is 2.84 bits per heavy atom. The summed E-state index contributed by atoms with van der Waals surface area (Å²) < 4.78 is 1.62. The second-order valence-corrected chi connectivity index (χ2v) is 6.31. The van der Waals surface area contributed by atoms with Gasteiger partial charge in [0, 0.05) is 25.9 Å². The van der Waals surface area contributed by atoms with Gasteiger partial charge in [0.05, 0.1) is 12.6 Å². The zero-order valence-corrected chi connectivity index (χ0v) is 14.2. The number of carbonyl (C=O) groups excluding carboxylic acids is 2. The summed E-state index contributed by atoms with van der Waals surface area (Å²) in [6.07, 6.45) is 5.65. The topological polar surface area (TPSA) is 80.1 Å². The number of aryl methyl sites for hydroxylation is 2. The van der Waals surface area contributed by atoms with E-state index in [2.05, 4.69) is 27.5 Å². The van der Waals surface area contributed by atoms with Crippen LogP contribution in [0.4, 0.5) is 0 Å². The van der Waals surface area contributed by atoms with Gasteiger partial charge in [-0.2, -0.15) is 5.10 Å². The standard InChI is InChI=1S/C18H23N5O2/c24-17(8-10-23-14-19-13-20-23)21-16-11-18(25)22(12-16)9-4-7-15-5-2-1-3-6-15/h1-3,5-6,13-14,16H,4,7-12H2,(H,21,24)/t16-/m0/s1. The minimum atomic E-state index is -0.0903. The third kappa shape index (κ3) is 5.14. The Morgan fingerprint density at radius 2 is 2.08 bits per heavy atom. The van der Waals surface area contributed by atoms with Crippen LogP contribution in [0, 0.1) is 0 Å². The molecule has 2 aromatic rings. The van der Waals surface area contributed by atoms with Crippen LogP contribution in [0.1, 0.15) is 24.8 Å². The molecule has 0 radical (unpaired) electrons. The SMILES string of the molecule is O=C(CCn1cncn1)N[C@H]1CC(=O)N(CCCc2ccccc2)C1. The van der Waals surface area contributed by atoms with E-state index in [1.54, 1.807) is 11.0 Å². The van der Waals surface area contributed by atoms with Gasteiger partial charge in [0.15, 0.2) is 0 Å². The van der Waals surface area contributed by atoms with Gasteiger partial charge >= 0.3 is 0 Å². The molecule has 1 aromatic heterocycles. The van der Waals surface area contributed by atoms with Crippen LogP contribution in [0.25, 0.3) is 0 Å². The summed E-state index contributed by atoms with van der Waals surface area (Å²) in [6.45, 7) is 1.83. The fourth-order valence-corrected chi connectivity index (χ4v) is 3.07. The van der Waals surface area contributed by atoms with Crippen LogP contribution in [-0.4, -0.2) is 50.6 Å². The molecule has 3 rings (SSSR count). The maximum Gasteiger partial charge on any atom is 0.224 e. The fourth-order valence-electron chi connectivity index (χ4n) is 3.07. The third-order valence-electron chi connectivity index (χ3n) is 4.35. The molecule has 1 aliphatic rings. The van der Waals surface area contributed by atoms with Gasteiger partial charge in [0.1, 0.15) is 12.7 Å². The van der Waals surface area contributed by atoms with Crippen LogP contribution in [0.3, 0.4) is 0 Å². The summed E-state index contributed by atoms with van der Waals surface area (Å²) in [6, 6.07) is 10.2. The smallest absolute Gasteiger partial charge is 0.224 e. The van der Waals surface area contributed by atoms with Crippen LogP contribution in [0.15, 0.2) is 43.0 Å². The van der Waals surface area contributed by atoms with Gasteiger partial charge in [-0.15, -0.1) is 0 Å². The van der Waals surface area contributed by atoms with Gasteiger partial charge in [-0.05, 0) is 18.4 Å². The lowest BCUT2D eigenvalue weighted by molar-refractivity contribution is -0.127. The monoisotopic (exact) mass is 341 g/mol. The largest absolute Gasteiger partial charge is 0.351 e. The average Bonchev–Trinajstić information content (AvgIpc) is 3.24. The minimum absolute atomic E-state index is 0.0561. The van der Waals surface area contributed by atoms with Gasteiger partial charge in [-0.3, -0.25) is 14.3 Å². The molecule has 1 fully saturated rings. The van der Waals surface area contributed by atoms with Gasteiger partial charge in [0.2, 0.25) is 11.8 Å². The van der Waals surface area contributed by atoms with E-state index in [-0.39, 0.29) is 17.9 Å². The van der Waals surface area contributed by atoms with Gasteiger partial charge < -0.3 is 10.2 Å². The van der Waals surface area contributed by atoms with Crippen molar-refractivity contribution in [3.05, 3.63) is 48.5 Å². The molecule has 1 aliphatic heterocycles. The van der Waals surface area contributed by atoms with E-state index in [1.807, 2.05) is 23.1 Å². The highest BCUT2D eigenvalue weighted by Gasteiger charge is 2.29. The molecule has 2 amide bonds. The first kappa shape index (κ1) is 17.1. The van der Waals surface area contributed by atoms with Crippen molar-refractivity contribution >= 4 is 11.8 Å². The zero-order chi connectivity index (χ0) is 17.5. The summed E-state index contributed by atoms with van der Waals surface area (Å²) >= 11 is 0. The molecule has 0 saturated carbocycles. The van der Waals surface area contributed by atoms with Gasteiger partial charge in [-0.25, -0.2) is 4.98 Å². The van der Waals surface area contributed by atoms with E-state index in [9.17, 15) is 9.59 Å². The number of hydrogen-bond donors (Lipinski definition) is 1. The van der Waals surface area contributed by atoms with Gasteiger partial charge in [0.25, 0.3) is 0 Å². The van der Waals surface area contributed by atoms with Crippen LogP contribution < -0.4 is 5.32 Å². The van der Waals surface area contributed by atoms with E-state index < -0.39 is 0 Å². The highest BCUT2D eigenvalue weighted by atomic mass is 16.2. The van der Waals surface area contributed by atoms with Crippen molar-refractivity contribution in [2.45, 2.75) is 38.3 Å².